The van der Waals surface area contributed by atoms with Crippen molar-refractivity contribution < 1.29 is 14.6 Å². The van der Waals surface area contributed by atoms with Gasteiger partial charge >= 0.3 is 0 Å². The van der Waals surface area contributed by atoms with Crippen LogP contribution in [0.2, 0.25) is 0 Å². The first kappa shape index (κ1) is 16.4. The predicted molar refractivity (Wildman–Crippen MR) is 93.2 cm³/mol. The Balaban J connectivity index is 1.68. The smallest absolute Gasteiger partial charge is 0.227 e. The van der Waals surface area contributed by atoms with Gasteiger partial charge < -0.3 is 14.7 Å². The number of phenolic OH excluding ortho intramolecular Hbond substituents is 1. The standard InChI is InChI=1S/C20H23NO3/c1-24-18-9-4-6-15(13-18)12-17-8-5-11-21(17)20(23)14-16-7-2-3-10-19(16)22/h2-4,6-7,9-10,13,17,22H,5,8,11-12,14H2,1H3/t17-/m0/s1. The number of amides is 1. The Morgan fingerprint density at radius 3 is 2.88 bits per heavy atom. The van der Waals surface area contributed by atoms with E-state index >= 15 is 0 Å². The average Bonchev–Trinajstić information content (AvgIpc) is 3.05. The monoisotopic (exact) mass is 325 g/mol. The molecule has 1 N–H and O–H groups in total. The van der Waals surface area contributed by atoms with Crippen molar-refractivity contribution in [2.45, 2.75) is 31.7 Å². The van der Waals surface area contributed by atoms with Gasteiger partial charge in [0.2, 0.25) is 5.91 Å². The number of benzene rings is 2. The van der Waals surface area contributed by atoms with Crippen molar-refractivity contribution in [3.8, 4) is 11.5 Å². The van der Waals surface area contributed by atoms with E-state index in [0.29, 0.717) is 5.56 Å². The van der Waals surface area contributed by atoms with Gasteiger partial charge in [0.05, 0.1) is 13.5 Å². The van der Waals surface area contributed by atoms with Crippen LogP contribution in [-0.2, 0) is 17.6 Å². The van der Waals surface area contributed by atoms with E-state index < -0.39 is 0 Å². The molecule has 3 rings (SSSR count). The topological polar surface area (TPSA) is 49.8 Å². The molecule has 126 valence electrons. The molecule has 1 atom stereocenters. The van der Waals surface area contributed by atoms with Crippen molar-refractivity contribution in [2.75, 3.05) is 13.7 Å². The minimum atomic E-state index is 0.0851. The molecule has 1 aliphatic heterocycles. The summed E-state index contributed by atoms with van der Waals surface area (Å²) in [5, 5.41) is 9.88. The molecule has 1 saturated heterocycles. The minimum absolute atomic E-state index is 0.0851. The summed E-state index contributed by atoms with van der Waals surface area (Å²) >= 11 is 0. The molecule has 0 saturated carbocycles. The predicted octanol–water partition coefficient (Wildman–Crippen LogP) is 3.18. The Morgan fingerprint density at radius 2 is 2.08 bits per heavy atom. The van der Waals surface area contributed by atoms with Gasteiger partial charge in [0, 0.05) is 18.2 Å². The van der Waals surface area contributed by atoms with Crippen molar-refractivity contribution in [1.82, 2.24) is 4.90 Å². The maximum absolute atomic E-state index is 12.7. The number of para-hydroxylation sites is 1. The number of aromatic hydroxyl groups is 1. The summed E-state index contributed by atoms with van der Waals surface area (Å²) in [6.45, 7) is 0.793. The number of hydrogen-bond donors (Lipinski definition) is 1. The summed E-state index contributed by atoms with van der Waals surface area (Å²) in [5.74, 6) is 1.12. The molecular weight excluding hydrogens is 302 g/mol. The molecule has 0 spiro atoms. The molecule has 1 aliphatic rings. The van der Waals surface area contributed by atoms with E-state index in [9.17, 15) is 9.90 Å². The van der Waals surface area contributed by atoms with Crippen LogP contribution in [0.3, 0.4) is 0 Å². The highest BCUT2D eigenvalue weighted by Crippen LogP contribution is 2.25. The third kappa shape index (κ3) is 3.70. The molecule has 1 heterocycles. The van der Waals surface area contributed by atoms with Gasteiger partial charge in [0.15, 0.2) is 0 Å². The number of phenols is 1. The fraction of sp³-hybridized carbons (Fsp3) is 0.350. The summed E-state index contributed by atoms with van der Waals surface area (Å²) in [5.41, 5.74) is 1.87. The van der Waals surface area contributed by atoms with Gasteiger partial charge in [-0.15, -0.1) is 0 Å². The molecule has 4 nitrogen and oxygen atoms in total. The minimum Gasteiger partial charge on any atom is -0.508 e. The summed E-state index contributed by atoms with van der Waals surface area (Å²) in [6, 6.07) is 15.3. The van der Waals surface area contributed by atoms with Gasteiger partial charge in [-0.1, -0.05) is 30.3 Å². The third-order valence-electron chi connectivity index (χ3n) is 4.64. The Hall–Kier alpha value is -2.49. The second-order valence-electron chi connectivity index (χ2n) is 6.24. The molecule has 1 fully saturated rings. The number of methoxy groups -OCH3 is 1. The SMILES string of the molecule is COc1cccc(C[C@@H]2CCCN2C(=O)Cc2ccccc2O)c1. The highest BCUT2D eigenvalue weighted by atomic mass is 16.5. The quantitative estimate of drug-likeness (QED) is 0.918. The molecule has 1 amide bonds. The molecule has 4 heteroatoms. The number of ether oxygens (including phenoxy) is 1. The summed E-state index contributed by atoms with van der Waals surface area (Å²) < 4.78 is 5.28. The van der Waals surface area contributed by atoms with Crippen molar-refractivity contribution in [1.29, 1.82) is 0 Å². The van der Waals surface area contributed by atoms with Crippen LogP contribution in [-0.4, -0.2) is 35.6 Å². The lowest BCUT2D eigenvalue weighted by Gasteiger charge is -2.25. The van der Waals surface area contributed by atoms with Gasteiger partial charge in [-0.2, -0.15) is 0 Å². The first-order chi connectivity index (χ1) is 11.7. The van der Waals surface area contributed by atoms with E-state index in [1.54, 1.807) is 25.3 Å². The highest BCUT2D eigenvalue weighted by Gasteiger charge is 2.29. The van der Waals surface area contributed by atoms with Gasteiger partial charge in [-0.3, -0.25) is 4.79 Å². The zero-order chi connectivity index (χ0) is 16.9. The van der Waals surface area contributed by atoms with Gasteiger partial charge in [-0.05, 0) is 43.0 Å². The second-order valence-corrected chi connectivity index (χ2v) is 6.24. The maximum atomic E-state index is 12.7. The number of hydrogen-bond acceptors (Lipinski definition) is 3. The molecule has 0 aliphatic carbocycles. The molecule has 0 radical (unpaired) electrons. The Morgan fingerprint density at radius 1 is 1.25 bits per heavy atom. The van der Waals surface area contributed by atoms with E-state index in [1.165, 1.54) is 5.56 Å². The summed E-state index contributed by atoms with van der Waals surface area (Å²) in [6.07, 6.45) is 3.13. The third-order valence-corrected chi connectivity index (χ3v) is 4.64. The number of rotatable bonds is 5. The van der Waals surface area contributed by atoms with Crippen LogP contribution >= 0.6 is 0 Å². The van der Waals surface area contributed by atoms with E-state index in [1.807, 2.05) is 29.2 Å². The lowest BCUT2D eigenvalue weighted by Crippen LogP contribution is -2.37. The van der Waals surface area contributed by atoms with E-state index in [0.717, 1.165) is 31.6 Å². The molecule has 2 aromatic rings. The zero-order valence-electron chi connectivity index (χ0n) is 13.9. The fourth-order valence-electron chi connectivity index (χ4n) is 3.37. The lowest BCUT2D eigenvalue weighted by atomic mass is 10.0. The van der Waals surface area contributed by atoms with Crippen LogP contribution in [0.5, 0.6) is 11.5 Å². The molecule has 0 unspecified atom stereocenters. The largest absolute Gasteiger partial charge is 0.508 e. The van der Waals surface area contributed by atoms with Crippen molar-refractivity contribution in [3.05, 3.63) is 59.7 Å². The summed E-state index contributed by atoms with van der Waals surface area (Å²) in [4.78, 5) is 14.6. The number of nitrogens with zero attached hydrogens (tertiary/aromatic N) is 1. The Bertz CT molecular complexity index is 714. The van der Waals surface area contributed by atoms with Gasteiger partial charge in [-0.25, -0.2) is 0 Å². The van der Waals surface area contributed by atoms with Gasteiger partial charge in [0.1, 0.15) is 11.5 Å². The maximum Gasteiger partial charge on any atom is 0.227 e. The number of carbonyl (C=O) groups is 1. The van der Waals surface area contributed by atoms with Crippen LogP contribution in [0.15, 0.2) is 48.5 Å². The Kier molecular flexibility index (Phi) is 5.04. The van der Waals surface area contributed by atoms with Crippen LogP contribution in [0.4, 0.5) is 0 Å². The van der Waals surface area contributed by atoms with Crippen LogP contribution in [0.1, 0.15) is 24.0 Å². The lowest BCUT2D eigenvalue weighted by molar-refractivity contribution is -0.131. The number of likely N-dealkylation sites (tertiary alicyclic amines) is 1. The molecule has 0 aromatic heterocycles. The number of carbonyl (C=O) groups excluding carboxylic acids is 1. The van der Waals surface area contributed by atoms with E-state index in [4.69, 9.17) is 4.74 Å². The van der Waals surface area contributed by atoms with Crippen molar-refractivity contribution >= 4 is 5.91 Å². The van der Waals surface area contributed by atoms with E-state index in [2.05, 4.69) is 6.07 Å². The zero-order valence-corrected chi connectivity index (χ0v) is 13.9. The van der Waals surface area contributed by atoms with E-state index in [-0.39, 0.29) is 24.1 Å². The Labute approximate surface area is 142 Å². The van der Waals surface area contributed by atoms with Crippen LogP contribution < -0.4 is 4.74 Å². The van der Waals surface area contributed by atoms with Crippen molar-refractivity contribution in [2.24, 2.45) is 0 Å². The molecule has 0 bridgehead atoms. The van der Waals surface area contributed by atoms with Crippen molar-refractivity contribution in [3.63, 3.8) is 0 Å². The molecule has 2 aromatic carbocycles. The average molecular weight is 325 g/mol. The molecular formula is C20H23NO3. The fourth-order valence-corrected chi connectivity index (χ4v) is 3.37. The summed E-state index contributed by atoms with van der Waals surface area (Å²) in [7, 11) is 1.66. The first-order valence-electron chi connectivity index (χ1n) is 8.36. The van der Waals surface area contributed by atoms with Crippen LogP contribution in [0, 0.1) is 0 Å². The van der Waals surface area contributed by atoms with Crippen LogP contribution in [0.25, 0.3) is 0 Å². The van der Waals surface area contributed by atoms with Gasteiger partial charge in [0.25, 0.3) is 0 Å². The normalized spacial score (nSPS) is 17.0. The second kappa shape index (κ2) is 7.39. The first-order valence-corrected chi connectivity index (χ1v) is 8.36. The molecule has 24 heavy (non-hydrogen) atoms. The highest BCUT2D eigenvalue weighted by molar-refractivity contribution is 5.80.